The molecule has 26 heavy (non-hydrogen) atoms. The van der Waals surface area contributed by atoms with Gasteiger partial charge >= 0.3 is 12.1 Å². The van der Waals surface area contributed by atoms with Gasteiger partial charge in [-0.05, 0) is 26.2 Å². The molecule has 2 atom stereocenters. The van der Waals surface area contributed by atoms with Gasteiger partial charge in [0, 0.05) is 6.42 Å². The highest BCUT2D eigenvalue weighted by Crippen LogP contribution is 2.34. The summed E-state index contributed by atoms with van der Waals surface area (Å²) < 4.78 is 37.4. The minimum atomic E-state index is -3.21. The number of halogens is 2. The van der Waals surface area contributed by atoms with Gasteiger partial charge in [-0.3, -0.25) is 4.79 Å². The van der Waals surface area contributed by atoms with Crippen molar-refractivity contribution in [3.05, 3.63) is 0 Å². The van der Waals surface area contributed by atoms with Crippen LogP contribution in [0.1, 0.15) is 48.0 Å². The Morgan fingerprint density at radius 1 is 1.15 bits per heavy atom. The molecule has 2 amide bonds. The fourth-order valence-electron chi connectivity index (χ4n) is 2.64. The number of methoxy groups -OCH3 is 1. The van der Waals surface area contributed by atoms with E-state index in [0.717, 1.165) is 12.0 Å². The Morgan fingerprint density at radius 3 is 2.12 bits per heavy atom. The maximum Gasteiger partial charge on any atom is 0.408 e. The fourth-order valence-corrected chi connectivity index (χ4v) is 2.64. The van der Waals surface area contributed by atoms with Crippen LogP contribution in [0.4, 0.5) is 13.6 Å². The molecule has 0 aromatic rings. The Balaban J connectivity index is 3.08. The molecule has 1 fully saturated rings. The van der Waals surface area contributed by atoms with E-state index < -0.39 is 60.0 Å². The van der Waals surface area contributed by atoms with Crippen LogP contribution in [0.25, 0.3) is 0 Å². The third-order valence-corrected chi connectivity index (χ3v) is 3.80. The number of likely N-dealkylation sites (tertiary alicyclic amines) is 1. The highest BCUT2D eigenvalue weighted by molar-refractivity contribution is 5.91. The van der Waals surface area contributed by atoms with Crippen LogP contribution in [0, 0.1) is 5.41 Å². The number of ether oxygens (including phenoxy) is 2. The molecule has 150 valence electrons. The number of nitrogens with zero attached hydrogens (tertiary/aromatic N) is 1. The number of rotatable bonds is 3. The van der Waals surface area contributed by atoms with Gasteiger partial charge in [0.15, 0.2) is 0 Å². The van der Waals surface area contributed by atoms with E-state index in [1.165, 1.54) is 0 Å². The molecule has 1 rings (SSSR count). The van der Waals surface area contributed by atoms with Crippen LogP contribution in [0.5, 0.6) is 0 Å². The van der Waals surface area contributed by atoms with Crippen LogP contribution < -0.4 is 5.32 Å². The predicted molar refractivity (Wildman–Crippen MR) is 89.7 cm³/mol. The molecule has 1 heterocycles. The Bertz CT molecular complexity index is 566. The van der Waals surface area contributed by atoms with Gasteiger partial charge < -0.3 is 19.7 Å². The third-order valence-electron chi connectivity index (χ3n) is 3.80. The third kappa shape index (κ3) is 5.81. The number of nitrogens with one attached hydrogen (secondary N) is 1. The molecule has 0 aromatic heterocycles. The summed E-state index contributed by atoms with van der Waals surface area (Å²) in [7, 11) is 1.07. The van der Waals surface area contributed by atoms with E-state index in [0.29, 0.717) is 0 Å². The number of hydrogen-bond acceptors (Lipinski definition) is 5. The summed E-state index contributed by atoms with van der Waals surface area (Å²) in [4.78, 5) is 37.6. The number of alkyl carbamates (subject to hydrolysis) is 1. The molecule has 1 N–H and O–H groups in total. The molecule has 0 unspecified atom stereocenters. The van der Waals surface area contributed by atoms with Crippen molar-refractivity contribution in [1.29, 1.82) is 0 Å². The van der Waals surface area contributed by atoms with E-state index in [9.17, 15) is 23.2 Å². The monoisotopic (exact) mass is 378 g/mol. The van der Waals surface area contributed by atoms with Gasteiger partial charge in [-0.2, -0.15) is 0 Å². The van der Waals surface area contributed by atoms with E-state index in [-0.39, 0.29) is 0 Å². The first-order valence-corrected chi connectivity index (χ1v) is 8.33. The molecular weight excluding hydrogens is 350 g/mol. The van der Waals surface area contributed by atoms with Gasteiger partial charge in [-0.25, -0.2) is 18.4 Å². The van der Waals surface area contributed by atoms with Crippen molar-refractivity contribution in [2.75, 3.05) is 13.7 Å². The minimum absolute atomic E-state index is 0.777. The zero-order chi connectivity index (χ0) is 20.5. The SMILES string of the molecule is COC(=O)[C@@H]1CC(F)(F)CN1C(=O)[C@@H](NC(=O)OC(C)(C)C)C(C)(C)C. The average Bonchev–Trinajstić information content (AvgIpc) is 2.76. The Hall–Kier alpha value is -1.93. The van der Waals surface area contributed by atoms with E-state index in [2.05, 4.69) is 10.1 Å². The number of carbonyl (C=O) groups excluding carboxylic acids is 3. The molecule has 1 aliphatic heterocycles. The Labute approximate surface area is 152 Å². The second-order valence-corrected chi connectivity index (χ2v) is 8.51. The average molecular weight is 378 g/mol. The van der Waals surface area contributed by atoms with Crippen LogP contribution in [0.2, 0.25) is 0 Å². The van der Waals surface area contributed by atoms with Gasteiger partial charge in [0.05, 0.1) is 13.7 Å². The lowest BCUT2D eigenvalue weighted by atomic mass is 9.85. The van der Waals surface area contributed by atoms with Gasteiger partial charge in [0.1, 0.15) is 17.7 Å². The summed E-state index contributed by atoms with van der Waals surface area (Å²) in [6.45, 7) is 9.10. The molecule has 9 heteroatoms. The molecular formula is C17H28F2N2O5. The van der Waals surface area contributed by atoms with Crippen molar-refractivity contribution in [1.82, 2.24) is 10.2 Å². The second-order valence-electron chi connectivity index (χ2n) is 8.51. The van der Waals surface area contributed by atoms with Crippen molar-refractivity contribution in [2.24, 2.45) is 5.41 Å². The first kappa shape index (κ1) is 22.1. The normalized spacial score (nSPS) is 21.1. The summed E-state index contributed by atoms with van der Waals surface area (Å²) in [5, 5.41) is 2.45. The summed E-state index contributed by atoms with van der Waals surface area (Å²) in [5.41, 5.74) is -1.59. The summed E-state index contributed by atoms with van der Waals surface area (Å²) in [5.74, 6) is -4.90. The predicted octanol–water partition coefficient (Wildman–Crippen LogP) is 2.33. The van der Waals surface area contributed by atoms with Gasteiger partial charge in [0.2, 0.25) is 5.91 Å². The fraction of sp³-hybridized carbons (Fsp3) is 0.824. The van der Waals surface area contributed by atoms with Crippen LogP contribution >= 0.6 is 0 Å². The molecule has 1 aliphatic rings. The Kier molecular flexibility index (Phi) is 6.26. The quantitative estimate of drug-likeness (QED) is 0.762. The van der Waals surface area contributed by atoms with E-state index in [1.54, 1.807) is 41.5 Å². The van der Waals surface area contributed by atoms with Crippen molar-refractivity contribution in [3.8, 4) is 0 Å². The van der Waals surface area contributed by atoms with Crippen LogP contribution in [-0.2, 0) is 19.1 Å². The molecule has 0 aromatic carbocycles. The number of hydrogen-bond donors (Lipinski definition) is 1. The van der Waals surface area contributed by atoms with Crippen LogP contribution in [-0.4, -0.2) is 60.1 Å². The van der Waals surface area contributed by atoms with Gasteiger partial charge in [0.25, 0.3) is 5.92 Å². The number of esters is 1. The standard InChI is InChI=1S/C17H28F2N2O5/c1-15(2,3)11(20-14(24)26-16(4,5)6)12(22)21-9-17(18,19)8-10(21)13(23)25-7/h10-11H,8-9H2,1-7H3,(H,20,24)/t10-,11+/m0/s1. The highest BCUT2D eigenvalue weighted by atomic mass is 19.3. The molecule has 1 saturated heterocycles. The molecule has 7 nitrogen and oxygen atoms in total. The summed E-state index contributed by atoms with van der Waals surface area (Å²) in [6, 6.07) is -2.55. The van der Waals surface area contributed by atoms with E-state index >= 15 is 0 Å². The minimum Gasteiger partial charge on any atom is -0.467 e. The zero-order valence-electron chi connectivity index (χ0n) is 16.3. The lowest BCUT2D eigenvalue weighted by Gasteiger charge is -2.35. The van der Waals surface area contributed by atoms with Crippen LogP contribution in [0.15, 0.2) is 0 Å². The maximum atomic E-state index is 13.8. The topological polar surface area (TPSA) is 84.9 Å². The van der Waals surface area contributed by atoms with Gasteiger partial charge in [-0.15, -0.1) is 0 Å². The highest BCUT2D eigenvalue weighted by Gasteiger charge is 2.53. The molecule has 0 saturated carbocycles. The lowest BCUT2D eigenvalue weighted by molar-refractivity contribution is -0.152. The molecule has 0 radical (unpaired) electrons. The number of amides is 2. The second kappa shape index (κ2) is 7.36. The first-order valence-electron chi connectivity index (χ1n) is 8.33. The van der Waals surface area contributed by atoms with Crippen molar-refractivity contribution >= 4 is 18.0 Å². The number of carbonyl (C=O) groups is 3. The lowest BCUT2D eigenvalue weighted by Crippen LogP contribution is -2.57. The smallest absolute Gasteiger partial charge is 0.408 e. The number of alkyl halides is 2. The zero-order valence-corrected chi connectivity index (χ0v) is 16.3. The Morgan fingerprint density at radius 2 is 1.69 bits per heavy atom. The van der Waals surface area contributed by atoms with E-state index in [4.69, 9.17) is 4.74 Å². The summed E-state index contributed by atoms with van der Waals surface area (Å²) >= 11 is 0. The van der Waals surface area contributed by atoms with Gasteiger partial charge in [-0.1, -0.05) is 20.8 Å². The van der Waals surface area contributed by atoms with Crippen LogP contribution in [0.3, 0.4) is 0 Å². The van der Waals surface area contributed by atoms with E-state index in [1.807, 2.05) is 0 Å². The maximum absolute atomic E-state index is 13.8. The van der Waals surface area contributed by atoms with Crippen molar-refractivity contribution in [2.45, 2.75) is 71.6 Å². The molecule has 0 spiro atoms. The largest absolute Gasteiger partial charge is 0.467 e. The van der Waals surface area contributed by atoms with Crippen molar-refractivity contribution < 1.29 is 32.6 Å². The molecule has 0 aliphatic carbocycles. The van der Waals surface area contributed by atoms with Crippen molar-refractivity contribution in [3.63, 3.8) is 0 Å². The summed E-state index contributed by atoms with van der Waals surface area (Å²) in [6.07, 6.45) is -1.65. The molecule has 0 bridgehead atoms. The first-order chi connectivity index (χ1) is 11.6.